The van der Waals surface area contributed by atoms with Gasteiger partial charge in [-0.3, -0.25) is 9.88 Å². The summed E-state index contributed by atoms with van der Waals surface area (Å²) >= 11 is 0. The summed E-state index contributed by atoms with van der Waals surface area (Å²) < 4.78 is 2.21. The first-order chi connectivity index (χ1) is 11.2. The fourth-order valence-electron chi connectivity index (χ4n) is 2.67. The van der Waals surface area contributed by atoms with E-state index >= 15 is 0 Å². The largest absolute Gasteiger partial charge is 0.329 e. The molecule has 0 fully saturated rings. The molecule has 4 heteroatoms. The lowest BCUT2D eigenvalue weighted by atomic mass is 10.2. The Morgan fingerprint density at radius 2 is 1.87 bits per heavy atom. The summed E-state index contributed by atoms with van der Waals surface area (Å²) in [5.41, 5.74) is 4.86. The third kappa shape index (κ3) is 4.05. The second kappa shape index (κ2) is 7.20. The topological polar surface area (TPSA) is 34.0 Å². The summed E-state index contributed by atoms with van der Waals surface area (Å²) in [6.45, 7) is 4.65. The number of pyridine rings is 1. The molecular weight excluding hydrogens is 284 g/mol. The van der Waals surface area contributed by atoms with Crippen LogP contribution in [0.5, 0.6) is 0 Å². The molecule has 3 aromatic rings. The van der Waals surface area contributed by atoms with Gasteiger partial charge in [0.05, 0.1) is 17.7 Å². The molecular formula is C19H22N4. The van der Waals surface area contributed by atoms with Crippen molar-refractivity contribution in [3.8, 4) is 0 Å². The molecule has 0 aliphatic heterocycles. The number of hydrogen-bond donors (Lipinski definition) is 0. The zero-order valence-electron chi connectivity index (χ0n) is 13.7. The van der Waals surface area contributed by atoms with Crippen molar-refractivity contribution in [1.82, 2.24) is 19.4 Å². The van der Waals surface area contributed by atoms with E-state index in [1.54, 1.807) is 0 Å². The number of benzene rings is 1. The molecule has 0 atom stereocenters. The van der Waals surface area contributed by atoms with Crippen molar-refractivity contribution in [2.45, 2.75) is 26.6 Å². The third-order valence-electron chi connectivity index (χ3n) is 3.96. The lowest BCUT2D eigenvalue weighted by Crippen LogP contribution is -2.20. The van der Waals surface area contributed by atoms with Crippen LogP contribution in [0.4, 0.5) is 0 Å². The van der Waals surface area contributed by atoms with Crippen LogP contribution >= 0.6 is 0 Å². The van der Waals surface area contributed by atoms with E-state index in [-0.39, 0.29) is 0 Å². The van der Waals surface area contributed by atoms with Crippen molar-refractivity contribution in [2.24, 2.45) is 0 Å². The van der Waals surface area contributed by atoms with Gasteiger partial charge in [0.1, 0.15) is 0 Å². The maximum Gasteiger partial charge on any atom is 0.0951 e. The van der Waals surface area contributed by atoms with Crippen LogP contribution in [0.3, 0.4) is 0 Å². The van der Waals surface area contributed by atoms with Gasteiger partial charge >= 0.3 is 0 Å². The van der Waals surface area contributed by atoms with E-state index in [9.17, 15) is 0 Å². The highest BCUT2D eigenvalue weighted by molar-refractivity contribution is 5.18. The van der Waals surface area contributed by atoms with Crippen LogP contribution in [-0.2, 0) is 19.6 Å². The number of nitrogens with zero attached hydrogens (tertiary/aromatic N) is 4. The maximum atomic E-state index is 4.47. The zero-order valence-corrected chi connectivity index (χ0v) is 13.7. The predicted molar refractivity (Wildman–Crippen MR) is 91.9 cm³/mol. The van der Waals surface area contributed by atoms with Gasteiger partial charge in [0.25, 0.3) is 0 Å². The normalized spacial score (nSPS) is 11.1. The van der Waals surface area contributed by atoms with Gasteiger partial charge in [0.15, 0.2) is 0 Å². The minimum absolute atomic E-state index is 0.836. The number of imidazole rings is 1. The van der Waals surface area contributed by atoms with Crippen LogP contribution < -0.4 is 0 Å². The quantitative estimate of drug-likeness (QED) is 0.701. The molecule has 4 nitrogen and oxygen atoms in total. The Hall–Kier alpha value is -2.46. The van der Waals surface area contributed by atoms with E-state index in [4.69, 9.17) is 0 Å². The maximum absolute atomic E-state index is 4.47. The highest BCUT2D eigenvalue weighted by Crippen LogP contribution is 2.11. The molecule has 2 heterocycles. The molecule has 3 rings (SSSR count). The molecule has 0 aliphatic rings. The van der Waals surface area contributed by atoms with E-state index in [1.807, 2.05) is 30.9 Å². The standard InChI is InChI=1S/C19H22N4/c1-16-7-6-10-21-19(16)14-22(2)13-18-11-20-15-23(18)12-17-8-4-3-5-9-17/h3-11,15H,12-14H2,1-2H3. The fraction of sp³-hybridized carbons (Fsp3) is 0.263. The Labute approximate surface area is 137 Å². The second-order valence-corrected chi connectivity index (χ2v) is 5.94. The summed E-state index contributed by atoms with van der Waals surface area (Å²) in [7, 11) is 2.12. The Kier molecular flexibility index (Phi) is 4.83. The van der Waals surface area contributed by atoms with E-state index in [0.29, 0.717) is 0 Å². The second-order valence-electron chi connectivity index (χ2n) is 5.94. The summed E-state index contributed by atoms with van der Waals surface area (Å²) in [6, 6.07) is 14.6. The molecule has 0 unspecified atom stereocenters. The smallest absolute Gasteiger partial charge is 0.0951 e. The SMILES string of the molecule is Cc1cccnc1CN(C)Cc1cncn1Cc1ccccc1. The average molecular weight is 306 g/mol. The van der Waals surface area contributed by atoms with Crippen LogP contribution in [0.2, 0.25) is 0 Å². The van der Waals surface area contributed by atoms with Gasteiger partial charge in [-0.2, -0.15) is 0 Å². The van der Waals surface area contributed by atoms with Crippen molar-refractivity contribution in [1.29, 1.82) is 0 Å². The number of hydrogen-bond acceptors (Lipinski definition) is 3. The summed E-state index contributed by atoms with van der Waals surface area (Å²) in [5, 5.41) is 0. The molecule has 0 bridgehead atoms. The molecule has 118 valence electrons. The Morgan fingerprint density at radius 1 is 1.04 bits per heavy atom. The minimum Gasteiger partial charge on any atom is -0.329 e. The van der Waals surface area contributed by atoms with Crippen LogP contribution in [0, 0.1) is 6.92 Å². The highest BCUT2D eigenvalue weighted by Gasteiger charge is 2.09. The lowest BCUT2D eigenvalue weighted by Gasteiger charge is -2.18. The van der Waals surface area contributed by atoms with Crippen molar-refractivity contribution < 1.29 is 0 Å². The van der Waals surface area contributed by atoms with Crippen molar-refractivity contribution in [3.63, 3.8) is 0 Å². The fourth-order valence-corrected chi connectivity index (χ4v) is 2.67. The Morgan fingerprint density at radius 3 is 2.65 bits per heavy atom. The lowest BCUT2D eigenvalue weighted by molar-refractivity contribution is 0.306. The van der Waals surface area contributed by atoms with Crippen LogP contribution in [0.1, 0.15) is 22.5 Å². The molecule has 1 aromatic carbocycles. The number of aryl methyl sites for hydroxylation is 1. The van der Waals surface area contributed by atoms with Gasteiger partial charge in [-0.05, 0) is 31.2 Å². The zero-order chi connectivity index (χ0) is 16.1. The molecule has 0 aliphatic carbocycles. The van der Waals surface area contributed by atoms with Crippen LogP contribution in [0.25, 0.3) is 0 Å². The predicted octanol–water partition coefficient (Wildman–Crippen LogP) is 3.27. The molecule has 0 saturated carbocycles. The van der Waals surface area contributed by atoms with Gasteiger partial charge in [-0.1, -0.05) is 36.4 Å². The first-order valence-corrected chi connectivity index (χ1v) is 7.84. The summed E-state index contributed by atoms with van der Waals surface area (Å²) in [5.74, 6) is 0. The van der Waals surface area contributed by atoms with E-state index in [2.05, 4.69) is 63.7 Å². The van der Waals surface area contributed by atoms with Gasteiger partial charge in [-0.15, -0.1) is 0 Å². The van der Waals surface area contributed by atoms with Gasteiger partial charge in [-0.25, -0.2) is 4.98 Å². The Bertz CT molecular complexity index is 749. The number of aromatic nitrogens is 3. The monoisotopic (exact) mass is 306 g/mol. The van der Waals surface area contributed by atoms with E-state index in [0.717, 1.165) is 25.3 Å². The van der Waals surface area contributed by atoms with E-state index in [1.165, 1.54) is 16.8 Å². The molecule has 23 heavy (non-hydrogen) atoms. The molecule has 0 N–H and O–H groups in total. The van der Waals surface area contributed by atoms with Crippen molar-refractivity contribution >= 4 is 0 Å². The van der Waals surface area contributed by atoms with Gasteiger partial charge in [0, 0.05) is 32.0 Å². The molecule has 0 spiro atoms. The Balaban J connectivity index is 1.66. The van der Waals surface area contributed by atoms with Gasteiger partial charge < -0.3 is 4.57 Å². The van der Waals surface area contributed by atoms with Crippen molar-refractivity contribution in [2.75, 3.05) is 7.05 Å². The summed E-state index contributed by atoms with van der Waals surface area (Å²) in [4.78, 5) is 11.1. The number of rotatable bonds is 6. The highest BCUT2D eigenvalue weighted by atomic mass is 15.1. The molecule has 0 amide bonds. The first kappa shape index (κ1) is 15.4. The summed E-state index contributed by atoms with van der Waals surface area (Å²) in [6.07, 6.45) is 5.71. The van der Waals surface area contributed by atoms with Gasteiger partial charge in [0.2, 0.25) is 0 Å². The van der Waals surface area contributed by atoms with Crippen LogP contribution in [0.15, 0.2) is 61.2 Å². The van der Waals surface area contributed by atoms with E-state index < -0.39 is 0 Å². The average Bonchev–Trinajstić information content (AvgIpc) is 2.97. The first-order valence-electron chi connectivity index (χ1n) is 7.84. The third-order valence-corrected chi connectivity index (χ3v) is 3.96. The molecule has 0 saturated heterocycles. The molecule has 2 aromatic heterocycles. The van der Waals surface area contributed by atoms with Crippen molar-refractivity contribution in [3.05, 3.63) is 83.7 Å². The van der Waals surface area contributed by atoms with Crippen LogP contribution in [-0.4, -0.2) is 26.5 Å². The molecule has 0 radical (unpaired) electrons. The minimum atomic E-state index is 0.836.